The van der Waals surface area contributed by atoms with Crippen LogP contribution >= 0.6 is 0 Å². The number of aryl methyl sites for hydroxylation is 1. The van der Waals surface area contributed by atoms with Gasteiger partial charge in [-0.05, 0) is 49.4 Å². The van der Waals surface area contributed by atoms with Gasteiger partial charge in [0.1, 0.15) is 0 Å². The molecule has 136 valence electrons. The molecule has 0 N–H and O–H groups in total. The van der Waals surface area contributed by atoms with Gasteiger partial charge in [0.15, 0.2) is 0 Å². The molecule has 3 heteroatoms. The highest BCUT2D eigenvalue weighted by Crippen LogP contribution is 2.45. The summed E-state index contributed by atoms with van der Waals surface area (Å²) < 4.78 is 0. The summed E-state index contributed by atoms with van der Waals surface area (Å²) in [6.45, 7) is 7.84. The first-order chi connectivity index (χ1) is 12.6. The lowest BCUT2D eigenvalue weighted by atomic mass is 9.63. The van der Waals surface area contributed by atoms with Crippen molar-refractivity contribution < 1.29 is 4.79 Å². The quantitative estimate of drug-likeness (QED) is 0.835. The summed E-state index contributed by atoms with van der Waals surface area (Å²) in [5.74, 6) is 0.343. The van der Waals surface area contributed by atoms with Crippen LogP contribution in [-0.4, -0.2) is 37.0 Å². The number of rotatable bonds is 3. The van der Waals surface area contributed by atoms with Crippen molar-refractivity contribution in [3.05, 3.63) is 65.2 Å². The lowest BCUT2D eigenvalue weighted by molar-refractivity contribution is -0.141. The van der Waals surface area contributed by atoms with Crippen molar-refractivity contribution in [1.82, 2.24) is 4.90 Å². The summed E-state index contributed by atoms with van der Waals surface area (Å²) in [5, 5.41) is 0. The molecule has 4 rings (SSSR count). The van der Waals surface area contributed by atoms with Crippen LogP contribution in [-0.2, 0) is 10.2 Å². The smallest absolute Gasteiger partial charge is 0.233 e. The van der Waals surface area contributed by atoms with Crippen molar-refractivity contribution >= 4 is 11.6 Å². The Labute approximate surface area is 156 Å². The zero-order valence-electron chi connectivity index (χ0n) is 15.9. The summed E-state index contributed by atoms with van der Waals surface area (Å²) in [6, 6.07) is 16.9. The van der Waals surface area contributed by atoms with Crippen molar-refractivity contribution in [3.8, 4) is 0 Å². The van der Waals surface area contributed by atoms with Gasteiger partial charge in [0.25, 0.3) is 0 Å². The van der Waals surface area contributed by atoms with Gasteiger partial charge >= 0.3 is 0 Å². The maximum Gasteiger partial charge on any atom is 0.233 e. The molecule has 0 spiro atoms. The van der Waals surface area contributed by atoms with Gasteiger partial charge in [-0.3, -0.25) is 4.79 Å². The number of hydrogen-bond donors (Lipinski definition) is 0. The van der Waals surface area contributed by atoms with Gasteiger partial charge < -0.3 is 9.80 Å². The van der Waals surface area contributed by atoms with E-state index in [-0.39, 0.29) is 5.41 Å². The molecule has 1 heterocycles. The fraction of sp³-hybridized carbons (Fsp3) is 0.435. The van der Waals surface area contributed by atoms with E-state index in [1.807, 2.05) is 6.07 Å². The zero-order valence-corrected chi connectivity index (χ0v) is 15.9. The molecule has 2 aromatic carbocycles. The number of carbonyl (C=O) groups excluding carboxylic acids is 1. The van der Waals surface area contributed by atoms with Crippen molar-refractivity contribution in [2.75, 3.05) is 31.1 Å². The molecule has 0 bridgehead atoms. The Bertz CT molecular complexity index is 787. The van der Waals surface area contributed by atoms with Crippen LogP contribution in [0.4, 0.5) is 5.69 Å². The fourth-order valence-corrected chi connectivity index (χ4v) is 4.44. The molecule has 0 aromatic heterocycles. The molecule has 1 amide bonds. The van der Waals surface area contributed by atoms with E-state index in [1.165, 1.54) is 22.4 Å². The van der Waals surface area contributed by atoms with Gasteiger partial charge in [0, 0.05) is 31.9 Å². The molecule has 0 atom stereocenters. The lowest BCUT2D eigenvalue weighted by Crippen LogP contribution is -2.56. The standard InChI is InChI=1S/C23H28N2O/c1-18-8-6-11-21(19(18)2)24-14-16-25(17-15-24)22(26)23(12-7-13-23)20-9-4-3-5-10-20/h3-6,8-11H,7,12-17H2,1-2H3. The van der Waals surface area contributed by atoms with Crippen LogP contribution in [0.15, 0.2) is 48.5 Å². The van der Waals surface area contributed by atoms with Crippen molar-refractivity contribution in [2.45, 2.75) is 38.5 Å². The third-order valence-corrected chi connectivity index (χ3v) is 6.43. The Kier molecular flexibility index (Phi) is 4.47. The van der Waals surface area contributed by atoms with Crippen LogP contribution in [0, 0.1) is 13.8 Å². The van der Waals surface area contributed by atoms with Gasteiger partial charge in [-0.25, -0.2) is 0 Å². The van der Waals surface area contributed by atoms with E-state index in [9.17, 15) is 4.79 Å². The fourth-order valence-electron chi connectivity index (χ4n) is 4.44. The number of piperazine rings is 1. The SMILES string of the molecule is Cc1cccc(N2CCN(C(=O)C3(c4ccccc4)CCC3)CC2)c1C. The predicted octanol–water partition coefficient (Wildman–Crippen LogP) is 4.07. The molecule has 1 saturated carbocycles. The zero-order chi connectivity index (χ0) is 18.1. The third kappa shape index (κ3) is 2.80. The van der Waals surface area contributed by atoms with Gasteiger partial charge in [-0.2, -0.15) is 0 Å². The molecule has 0 unspecified atom stereocenters. The second kappa shape index (κ2) is 6.79. The molecule has 0 radical (unpaired) electrons. The van der Waals surface area contributed by atoms with Crippen LogP contribution in [0.1, 0.15) is 36.0 Å². The van der Waals surface area contributed by atoms with Gasteiger partial charge in [-0.15, -0.1) is 0 Å². The Morgan fingerprint density at radius 3 is 2.19 bits per heavy atom. The van der Waals surface area contributed by atoms with Crippen LogP contribution in [0.5, 0.6) is 0 Å². The summed E-state index contributed by atoms with van der Waals surface area (Å²) in [6.07, 6.45) is 3.14. The molecule has 1 aliphatic heterocycles. The molecule has 2 aliphatic rings. The van der Waals surface area contributed by atoms with Crippen molar-refractivity contribution in [1.29, 1.82) is 0 Å². The summed E-state index contributed by atoms with van der Waals surface area (Å²) in [4.78, 5) is 17.9. The maximum atomic E-state index is 13.4. The molecule has 26 heavy (non-hydrogen) atoms. The molecule has 1 saturated heterocycles. The number of amides is 1. The second-order valence-corrected chi connectivity index (χ2v) is 7.80. The van der Waals surface area contributed by atoms with Gasteiger partial charge in [0.2, 0.25) is 5.91 Å². The molecular formula is C23H28N2O. The van der Waals surface area contributed by atoms with E-state index in [0.717, 1.165) is 45.4 Å². The summed E-state index contributed by atoms with van der Waals surface area (Å²) in [7, 11) is 0. The summed E-state index contributed by atoms with van der Waals surface area (Å²) in [5.41, 5.74) is 4.94. The van der Waals surface area contributed by atoms with Crippen molar-refractivity contribution in [2.24, 2.45) is 0 Å². The Morgan fingerprint density at radius 1 is 0.885 bits per heavy atom. The largest absolute Gasteiger partial charge is 0.368 e. The van der Waals surface area contributed by atoms with Crippen LogP contribution in [0.25, 0.3) is 0 Å². The Hall–Kier alpha value is -2.29. The Balaban J connectivity index is 1.48. The minimum atomic E-state index is -0.261. The number of carbonyl (C=O) groups is 1. The van der Waals surface area contributed by atoms with Crippen molar-refractivity contribution in [3.63, 3.8) is 0 Å². The molecule has 1 aliphatic carbocycles. The highest BCUT2D eigenvalue weighted by molar-refractivity contribution is 5.89. The average Bonchev–Trinajstić information content (AvgIpc) is 2.64. The first kappa shape index (κ1) is 17.1. The Morgan fingerprint density at radius 2 is 1.58 bits per heavy atom. The van der Waals surface area contributed by atoms with Crippen LogP contribution < -0.4 is 4.90 Å². The van der Waals surface area contributed by atoms with E-state index in [1.54, 1.807) is 0 Å². The predicted molar refractivity (Wildman–Crippen MR) is 107 cm³/mol. The van der Waals surface area contributed by atoms with Gasteiger partial charge in [-0.1, -0.05) is 48.9 Å². The summed E-state index contributed by atoms with van der Waals surface area (Å²) >= 11 is 0. The molecular weight excluding hydrogens is 320 g/mol. The lowest BCUT2D eigenvalue weighted by Gasteiger charge is -2.46. The van der Waals surface area contributed by atoms with Crippen LogP contribution in [0.2, 0.25) is 0 Å². The van der Waals surface area contributed by atoms with Gasteiger partial charge in [0.05, 0.1) is 5.41 Å². The maximum absolute atomic E-state index is 13.4. The van der Waals surface area contributed by atoms with E-state index in [4.69, 9.17) is 0 Å². The number of anilines is 1. The number of benzene rings is 2. The normalized spacial score (nSPS) is 19.2. The van der Waals surface area contributed by atoms with Crippen LogP contribution in [0.3, 0.4) is 0 Å². The topological polar surface area (TPSA) is 23.6 Å². The number of nitrogens with zero attached hydrogens (tertiary/aromatic N) is 2. The minimum Gasteiger partial charge on any atom is -0.368 e. The molecule has 2 fully saturated rings. The first-order valence-electron chi connectivity index (χ1n) is 9.78. The number of hydrogen-bond acceptors (Lipinski definition) is 2. The third-order valence-electron chi connectivity index (χ3n) is 6.43. The highest BCUT2D eigenvalue weighted by atomic mass is 16.2. The van der Waals surface area contributed by atoms with E-state index < -0.39 is 0 Å². The molecule has 2 aromatic rings. The average molecular weight is 348 g/mol. The van der Waals surface area contributed by atoms with E-state index in [2.05, 4.69) is 66.1 Å². The molecule has 3 nitrogen and oxygen atoms in total. The first-order valence-corrected chi connectivity index (χ1v) is 9.78. The minimum absolute atomic E-state index is 0.261. The second-order valence-electron chi connectivity index (χ2n) is 7.80. The monoisotopic (exact) mass is 348 g/mol. The van der Waals surface area contributed by atoms with E-state index in [0.29, 0.717) is 5.91 Å². The van der Waals surface area contributed by atoms with E-state index >= 15 is 0 Å². The highest BCUT2D eigenvalue weighted by Gasteiger charge is 2.47.